The van der Waals surface area contributed by atoms with Gasteiger partial charge in [-0.3, -0.25) is 9.59 Å². The monoisotopic (exact) mass is 227 g/mol. The summed E-state index contributed by atoms with van der Waals surface area (Å²) in [5, 5.41) is 4.55. The Kier molecular flexibility index (Phi) is 4.26. The largest absolute Gasteiger partial charge is 0.370 e. The summed E-state index contributed by atoms with van der Waals surface area (Å²) in [6, 6.07) is 2.95. The maximum atomic E-state index is 11.3. The minimum Gasteiger partial charge on any atom is -0.370 e. The molecule has 1 rings (SSSR count). The molecular formula is C9H13N3O2S. The van der Waals surface area contributed by atoms with Crippen LogP contribution in [0.5, 0.6) is 0 Å². The lowest BCUT2D eigenvalue weighted by Gasteiger charge is -2.09. The lowest BCUT2D eigenvalue weighted by Crippen LogP contribution is -2.42. The maximum absolute atomic E-state index is 11.3. The Bertz CT molecular complexity index is 337. The second-order valence-electron chi connectivity index (χ2n) is 3.07. The molecule has 0 saturated carbocycles. The Balaban J connectivity index is 2.32. The Morgan fingerprint density at radius 3 is 2.80 bits per heavy atom. The first-order valence-electron chi connectivity index (χ1n) is 4.43. The normalized spacial score (nSPS) is 12.1. The molecule has 0 bridgehead atoms. The number of rotatable bonds is 5. The second-order valence-corrected chi connectivity index (χ2v) is 4.11. The standard InChI is InChI=1S/C9H13N3O2S/c10-7(4-8(11)13)9(14)12-5-6-2-1-3-15-6/h1-3,7H,4-5,10H2,(H2,11,13)(H,12,14). The van der Waals surface area contributed by atoms with Gasteiger partial charge < -0.3 is 16.8 Å². The first-order valence-corrected chi connectivity index (χ1v) is 5.31. The smallest absolute Gasteiger partial charge is 0.237 e. The molecule has 5 N–H and O–H groups in total. The molecule has 1 unspecified atom stereocenters. The predicted octanol–water partition coefficient (Wildman–Crippen LogP) is -0.433. The number of thiophene rings is 1. The number of carbonyl (C=O) groups is 2. The molecule has 0 aliphatic rings. The van der Waals surface area contributed by atoms with E-state index in [0.717, 1.165) is 4.88 Å². The SMILES string of the molecule is NC(=O)CC(N)C(=O)NCc1cccs1. The van der Waals surface area contributed by atoms with E-state index in [-0.39, 0.29) is 12.3 Å². The molecule has 82 valence electrons. The van der Waals surface area contributed by atoms with Crippen LogP contribution in [0.3, 0.4) is 0 Å². The number of nitrogens with one attached hydrogen (secondary N) is 1. The van der Waals surface area contributed by atoms with Crippen molar-refractivity contribution in [3.8, 4) is 0 Å². The van der Waals surface area contributed by atoms with Gasteiger partial charge in [0.1, 0.15) is 0 Å². The van der Waals surface area contributed by atoms with Crippen LogP contribution in [0.4, 0.5) is 0 Å². The molecule has 1 heterocycles. The van der Waals surface area contributed by atoms with E-state index in [1.165, 1.54) is 0 Å². The van der Waals surface area contributed by atoms with Crippen LogP contribution in [0.15, 0.2) is 17.5 Å². The summed E-state index contributed by atoms with van der Waals surface area (Å²) in [6.07, 6.45) is -0.129. The van der Waals surface area contributed by atoms with Crippen molar-refractivity contribution in [2.24, 2.45) is 11.5 Å². The third-order valence-corrected chi connectivity index (χ3v) is 2.65. The van der Waals surface area contributed by atoms with E-state index in [0.29, 0.717) is 6.54 Å². The van der Waals surface area contributed by atoms with Crippen molar-refractivity contribution in [3.63, 3.8) is 0 Å². The average Bonchev–Trinajstić information content (AvgIpc) is 2.65. The average molecular weight is 227 g/mol. The van der Waals surface area contributed by atoms with Gasteiger partial charge in [-0.2, -0.15) is 0 Å². The summed E-state index contributed by atoms with van der Waals surface area (Å²) in [7, 11) is 0. The van der Waals surface area contributed by atoms with Gasteiger partial charge in [-0.05, 0) is 11.4 Å². The zero-order valence-corrected chi connectivity index (χ0v) is 8.92. The molecule has 5 nitrogen and oxygen atoms in total. The van der Waals surface area contributed by atoms with Gasteiger partial charge in [0.2, 0.25) is 11.8 Å². The molecule has 0 aliphatic carbocycles. The molecule has 1 aromatic rings. The highest BCUT2D eigenvalue weighted by atomic mass is 32.1. The van der Waals surface area contributed by atoms with Gasteiger partial charge in [0.15, 0.2) is 0 Å². The van der Waals surface area contributed by atoms with E-state index >= 15 is 0 Å². The van der Waals surface area contributed by atoms with Gasteiger partial charge in [0.05, 0.1) is 19.0 Å². The quantitative estimate of drug-likeness (QED) is 0.636. The van der Waals surface area contributed by atoms with Crippen LogP contribution in [0, 0.1) is 0 Å². The molecule has 0 spiro atoms. The highest BCUT2D eigenvalue weighted by Gasteiger charge is 2.15. The van der Waals surface area contributed by atoms with Crippen LogP contribution in [-0.2, 0) is 16.1 Å². The molecule has 15 heavy (non-hydrogen) atoms. The van der Waals surface area contributed by atoms with Gasteiger partial charge in [-0.1, -0.05) is 6.07 Å². The van der Waals surface area contributed by atoms with E-state index in [2.05, 4.69) is 5.32 Å². The molecule has 1 atom stereocenters. The lowest BCUT2D eigenvalue weighted by atomic mass is 10.2. The van der Waals surface area contributed by atoms with Crippen molar-refractivity contribution in [3.05, 3.63) is 22.4 Å². The van der Waals surface area contributed by atoms with Crippen molar-refractivity contribution in [1.82, 2.24) is 5.32 Å². The van der Waals surface area contributed by atoms with Gasteiger partial charge in [0, 0.05) is 4.88 Å². The highest BCUT2D eigenvalue weighted by molar-refractivity contribution is 7.09. The Labute approximate surface area is 91.4 Å². The van der Waals surface area contributed by atoms with Crippen LogP contribution in [0.25, 0.3) is 0 Å². The van der Waals surface area contributed by atoms with Crippen LogP contribution < -0.4 is 16.8 Å². The summed E-state index contributed by atoms with van der Waals surface area (Å²) >= 11 is 1.54. The molecule has 0 aliphatic heterocycles. The summed E-state index contributed by atoms with van der Waals surface area (Å²) in [5.41, 5.74) is 10.4. The number of amides is 2. The van der Waals surface area contributed by atoms with Crippen LogP contribution in [0.1, 0.15) is 11.3 Å². The molecule has 0 saturated heterocycles. The predicted molar refractivity (Wildman–Crippen MR) is 58.0 cm³/mol. The minimum atomic E-state index is -0.859. The topological polar surface area (TPSA) is 98.2 Å². The number of hydrogen-bond donors (Lipinski definition) is 3. The Morgan fingerprint density at radius 1 is 1.53 bits per heavy atom. The first-order chi connectivity index (χ1) is 7.09. The van der Waals surface area contributed by atoms with E-state index in [1.54, 1.807) is 11.3 Å². The number of carbonyl (C=O) groups excluding carboxylic acids is 2. The van der Waals surface area contributed by atoms with Gasteiger partial charge in [0.25, 0.3) is 0 Å². The summed E-state index contributed by atoms with van der Waals surface area (Å²) < 4.78 is 0. The number of nitrogens with two attached hydrogens (primary N) is 2. The van der Waals surface area contributed by atoms with E-state index < -0.39 is 11.9 Å². The van der Waals surface area contributed by atoms with E-state index in [4.69, 9.17) is 11.5 Å². The van der Waals surface area contributed by atoms with Crippen molar-refractivity contribution >= 4 is 23.2 Å². The fourth-order valence-corrected chi connectivity index (χ4v) is 1.67. The maximum Gasteiger partial charge on any atom is 0.237 e. The zero-order chi connectivity index (χ0) is 11.3. The first kappa shape index (κ1) is 11.7. The van der Waals surface area contributed by atoms with Crippen molar-refractivity contribution in [1.29, 1.82) is 0 Å². The molecule has 0 radical (unpaired) electrons. The summed E-state index contributed by atoms with van der Waals surface area (Å²) in [5.74, 6) is -0.934. The number of primary amides is 1. The molecular weight excluding hydrogens is 214 g/mol. The van der Waals surface area contributed by atoms with Gasteiger partial charge in [-0.25, -0.2) is 0 Å². The highest BCUT2D eigenvalue weighted by Crippen LogP contribution is 2.07. The number of hydrogen-bond acceptors (Lipinski definition) is 4. The Morgan fingerprint density at radius 2 is 2.27 bits per heavy atom. The van der Waals surface area contributed by atoms with Crippen LogP contribution >= 0.6 is 11.3 Å². The molecule has 6 heteroatoms. The minimum absolute atomic E-state index is 0.129. The van der Waals surface area contributed by atoms with Crippen LogP contribution in [0.2, 0.25) is 0 Å². The molecule has 0 aromatic carbocycles. The fraction of sp³-hybridized carbons (Fsp3) is 0.333. The third-order valence-electron chi connectivity index (χ3n) is 1.77. The van der Waals surface area contributed by atoms with Crippen molar-refractivity contribution < 1.29 is 9.59 Å². The van der Waals surface area contributed by atoms with Gasteiger partial charge in [-0.15, -0.1) is 11.3 Å². The fourth-order valence-electron chi connectivity index (χ4n) is 1.03. The molecule has 2 amide bonds. The van der Waals surface area contributed by atoms with E-state index in [9.17, 15) is 9.59 Å². The summed E-state index contributed by atoms with van der Waals surface area (Å²) in [4.78, 5) is 22.9. The lowest BCUT2D eigenvalue weighted by molar-refractivity contribution is -0.126. The Hall–Kier alpha value is -1.40. The molecule has 0 fully saturated rings. The summed E-state index contributed by atoms with van der Waals surface area (Å²) in [6.45, 7) is 0.433. The zero-order valence-electron chi connectivity index (χ0n) is 8.10. The van der Waals surface area contributed by atoms with Crippen molar-refractivity contribution in [2.75, 3.05) is 0 Å². The van der Waals surface area contributed by atoms with Crippen LogP contribution in [-0.4, -0.2) is 17.9 Å². The molecule has 1 aromatic heterocycles. The third kappa shape index (κ3) is 4.09. The second kappa shape index (κ2) is 5.47. The van der Waals surface area contributed by atoms with E-state index in [1.807, 2.05) is 17.5 Å². The van der Waals surface area contributed by atoms with Crippen molar-refractivity contribution in [2.45, 2.75) is 19.0 Å². The van der Waals surface area contributed by atoms with Gasteiger partial charge >= 0.3 is 0 Å².